The van der Waals surface area contributed by atoms with Crippen molar-refractivity contribution in [2.45, 2.75) is 251 Å². The minimum absolute atomic E-state index is 0.0792. The fourth-order valence-corrected chi connectivity index (χ4v) is 6.70. The number of carbonyl (C=O) groups is 2. The third-order valence-corrected chi connectivity index (χ3v) is 10.1. The summed E-state index contributed by atoms with van der Waals surface area (Å²) in [6.07, 6.45) is 39.9. The van der Waals surface area contributed by atoms with Gasteiger partial charge >= 0.3 is 5.97 Å². The minimum Gasteiger partial charge on any atom is -0.462 e. The van der Waals surface area contributed by atoms with Gasteiger partial charge in [-0.05, 0) is 44.9 Å². The molecule has 0 aliphatic rings. The third kappa shape index (κ3) is 33.7. The van der Waals surface area contributed by atoms with Gasteiger partial charge in [-0.15, -0.1) is 0 Å². The lowest BCUT2D eigenvalue weighted by Crippen LogP contribution is -2.46. The highest BCUT2D eigenvalue weighted by molar-refractivity contribution is 5.77. The lowest BCUT2D eigenvalue weighted by atomic mass is 10.0. The number of amides is 1. The van der Waals surface area contributed by atoms with E-state index in [-0.39, 0.29) is 24.9 Å². The molecule has 6 nitrogen and oxygen atoms in total. The molecule has 0 saturated carbocycles. The largest absolute Gasteiger partial charge is 0.462 e. The molecule has 296 valence electrons. The van der Waals surface area contributed by atoms with Crippen molar-refractivity contribution in [3.05, 3.63) is 12.2 Å². The second-order valence-electron chi connectivity index (χ2n) is 15.1. The molecule has 0 aliphatic heterocycles. The van der Waals surface area contributed by atoms with Gasteiger partial charge in [0.2, 0.25) is 5.91 Å². The van der Waals surface area contributed by atoms with Crippen LogP contribution >= 0.6 is 0 Å². The molecule has 6 heteroatoms. The molecular weight excluding hydrogens is 622 g/mol. The summed E-state index contributed by atoms with van der Waals surface area (Å²) in [6.45, 7) is 6.41. The maximum Gasteiger partial charge on any atom is 0.306 e. The van der Waals surface area contributed by atoms with Crippen molar-refractivity contribution < 1.29 is 24.5 Å². The monoisotopic (exact) mass is 708 g/mol. The summed E-state index contributed by atoms with van der Waals surface area (Å²) in [5, 5.41) is 23.6. The van der Waals surface area contributed by atoms with Crippen LogP contribution in [0.2, 0.25) is 0 Å². The van der Waals surface area contributed by atoms with Crippen LogP contribution in [0.4, 0.5) is 0 Å². The zero-order valence-electron chi connectivity index (χ0n) is 33.5. The summed E-state index contributed by atoms with van der Waals surface area (Å²) >= 11 is 0. The van der Waals surface area contributed by atoms with E-state index in [4.69, 9.17) is 4.74 Å². The predicted molar refractivity (Wildman–Crippen MR) is 213 cm³/mol. The highest BCUT2D eigenvalue weighted by Crippen LogP contribution is 2.17. The molecule has 0 radical (unpaired) electrons. The number of aliphatic hydroxyl groups is 2. The fraction of sp³-hybridized carbons (Fsp3) is 0.909. The summed E-state index contributed by atoms with van der Waals surface area (Å²) in [4.78, 5) is 25.8. The number of hydrogen-bond donors (Lipinski definition) is 3. The van der Waals surface area contributed by atoms with E-state index in [9.17, 15) is 19.8 Å². The van der Waals surface area contributed by atoms with Gasteiger partial charge in [-0.1, -0.05) is 187 Å². The van der Waals surface area contributed by atoms with Crippen LogP contribution in [-0.2, 0) is 14.3 Å². The first-order valence-electron chi connectivity index (χ1n) is 21.9. The van der Waals surface area contributed by atoms with Crippen LogP contribution in [0.1, 0.15) is 233 Å². The molecule has 3 unspecified atom stereocenters. The SMILES string of the molecule is CCCC/C=C\CCCCCCCC(=O)OC(CCCCCCCCCC)CC(=O)NC(CO)C(O)CCCCCCCCCCCCCC. The molecule has 0 aromatic rings. The normalized spacial score (nSPS) is 13.5. The van der Waals surface area contributed by atoms with Crippen molar-refractivity contribution in [1.29, 1.82) is 0 Å². The molecule has 0 heterocycles. The molecule has 0 bridgehead atoms. The Kier molecular flexibility index (Phi) is 37.7. The van der Waals surface area contributed by atoms with E-state index < -0.39 is 18.2 Å². The van der Waals surface area contributed by atoms with Crippen LogP contribution in [-0.4, -0.2) is 46.9 Å². The second kappa shape index (κ2) is 38.8. The van der Waals surface area contributed by atoms with Crippen LogP contribution in [0.3, 0.4) is 0 Å². The first-order chi connectivity index (χ1) is 24.5. The van der Waals surface area contributed by atoms with Crippen molar-refractivity contribution >= 4 is 11.9 Å². The highest BCUT2D eigenvalue weighted by Gasteiger charge is 2.24. The molecule has 0 aromatic heterocycles. The highest BCUT2D eigenvalue weighted by atomic mass is 16.5. The van der Waals surface area contributed by atoms with Gasteiger partial charge < -0.3 is 20.3 Å². The van der Waals surface area contributed by atoms with Crippen molar-refractivity contribution in [3.63, 3.8) is 0 Å². The number of esters is 1. The molecule has 0 fully saturated rings. The number of unbranched alkanes of at least 4 members (excludes halogenated alkanes) is 25. The number of carbonyl (C=O) groups excluding carboxylic acids is 2. The Morgan fingerprint density at radius 1 is 0.560 bits per heavy atom. The summed E-state index contributed by atoms with van der Waals surface area (Å²) in [7, 11) is 0. The van der Waals surface area contributed by atoms with Gasteiger partial charge in [0, 0.05) is 6.42 Å². The van der Waals surface area contributed by atoms with Crippen LogP contribution in [0.15, 0.2) is 12.2 Å². The molecule has 0 aliphatic carbocycles. The molecule has 3 atom stereocenters. The van der Waals surface area contributed by atoms with Crippen LogP contribution in [0.25, 0.3) is 0 Å². The number of ether oxygens (including phenoxy) is 1. The van der Waals surface area contributed by atoms with Crippen LogP contribution in [0, 0.1) is 0 Å². The average Bonchev–Trinajstić information content (AvgIpc) is 3.10. The van der Waals surface area contributed by atoms with E-state index in [1.807, 2.05) is 0 Å². The van der Waals surface area contributed by atoms with Gasteiger partial charge in [0.1, 0.15) is 6.10 Å². The summed E-state index contributed by atoms with van der Waals surface area (Å²) in [6, 6.07) is -0.693. The second-order valence-corrected chi connectivity index (χ2v) is 15.1. The molecule has 0 rings (SSSR count). The molecule has 0 spiro atoms. The van der Waals surface area contributed by atoms with Crippen molar-refractivity contribution in [2.75, 3.05) is 6.61 Å². The number of allylic oxidation sites excluding steroid dienone is 2. The van der Waals surface area contributed by atoms with E-state index in [0.717, 1.165) is 51.4 Å². The number of aliphatic hydroxyl groups excluding tert-OH is 2. The molecule has 3 N–H and O–H groups in total. The Morgan fingerprint density at radius 2 is 0.980 bits per heavy atom. The Bertz CT molecular complexity index is 757. The molecule has 0 aromatic carbocycles. The van der Waals surface area contributed by atoms with Crippen molar-refractivity contribution in [1.82, 2.24) is 5.32 Å². The Hall–Kier alpha value is -1.40. The zero-order chi connectivity index (χ0) is 36.8. The van der Waals surface area contributed by atoms with E-state index in [0.29, 0.717) is 19.3 Å². The van der Waals surface area contributed by atoms with Crippen LogP contribution in [0.5, 0.6) is 0 Å². The average molecular weight is 708 g/mol. The van der Waals surface area contributed by atoms with E-state index in [1.54, 1.807) is 0 Å². The smallest absolute Gasteiger partial charge is 0.306 e. The lowest BCUT2D eigenvalue weighted by molar-refractivity contribution is -0.151. The maximum absolute atomic E-state index is 13.0. The molecular formula is C44H85NO5. The minimum atomic E-state index is -0.780. The number of nitrogens with one attached hydrogen (secondary N) is 1. The summed E-state index contributed by atoms with van der Waals surface area (Å²) in [5.74, 6) is -0.481. The lowest BCUT2D eigenvalue weighted by Gasteiger charge is -2.24. The van der Waals surface area contributed by atoms with Gasteiger partial charge in [0.05, 0.1) is 25.2 Å². The Labute approximate surface area is 310 Å². The molecule has 0 saturated heterocycles. The van der Waals surface area contributed by atoms with E-state index in [2.05, 4.69) is 38.2 Å². The molecule has 1 amide bonds. The van der Waals surface area contributed by atoms with Gasteiger partial charge in [-0.3, -0.25) is 9.59 Å². The van der Waals surface area contributed by atoms with E-state index in [1.165, 1.54) is 135 Å². The first kappa shape index (κ1) is 48.6. The summed E-state index contributed by atoms with van der Waals surface area (Å²) < 4.78 is 5.86. The Morgan fingerprint density at radius 3 is 1.48 bits per heavy atom. The van der Waals surface area contributed by atoms with Crippen molar-refractivity contribution in [2.24, 2.45) is 0 Å². The summed E-state index contributed by atoms with van der Waals surface area (Å²) in [5.41, 5.74) is 0. The molecule has 50 heavy (non-hydrogen) atoms. The Balaban J connectivity index is 4.50. The van der Waals surface area contributed by atoms with Crippen LogP contribution < -0.4 is 5.32 Å². The number of hydrogen-bond acceptors (Lipinski definition) is 5. The maximum atomic E-state index is 13.0. The fourth-order valence-electron chi connectivity index (χ4n) is 6.70. The topological polar surface area (TPSA) is 95.9 Å². The van der Waals surface area contributed by atoms with Crippen molar-refractivity contribution in [3.8, 4) is 0 Å². The first-order valence-corrected chi connectivity index (χ1v) is 21.9. The standard InChI is InChI=1S/C44H85NO5/c1-4-7-10-13-16-19-21-23-24-27-30-33-36-42(47)41(39-46)45-43(48)38-40(35-32-29-26-18-15-12-9-6-3)50-44(49)37-34-31-28-25-22-20-17-14-11-8-5-2/h14,17,40-42,46-47H,4-13,15-16,18-39H2,1-3H3,(H,45,48)/b17-14-. The van der Waals surface area contributed by atoms with Gasteiger partial charge in [-0.2, -0.15) is 0 Å². The third-order valence-electron chi connectivity index (χ3n) is 10.1. The zero-order valence-corrected chi connectivity index (χ0v) is 33.5. The quantitative estimate of drug-likeness (QED) is 0.0336. The van der Waals surface area contributed by atoms with Gasteiger partial charge in [0.25, 0.3) is 0 Å². The van der Waals surface area contributed by atoms with Gasteiger partial charge in [-0.25, -0.2) is 0 Å². The van der Waals surface area contributed by atoms with Gasteiger partial charge in [0.15, 0.2) is 0 Å². The van der Waals surface area contributed by atoms with E-state index >= 15 is 0 Å². The predicted octanol–water partition coefficient (Wildman–Crippen LogP) is 12.2. The number of rotatable bonds is 39.